The summed E-state index contributed by atoms with van der Waals surface area (Å²) in [6.45, 7) is 11.3. The zero-order chi connectivity index (χ0) is 41.2. The van der Waals surface area contributed by atoms with Gasteiger partial charge < -0.3 is 14.2 Å². The van der Waals surface area contributed by atoms with Crippen LogP contribution in [0.2, 0.25) is 0 Å². The molecule has 0 aromatic carbocycles. The lowest BCUT2D eigenvalue weighted by Crippen LogP contribution is -2.30. The van der Waals surface area contributed by atoms with Gasteiger partial charge in [-0.25, -0.2) is 0 Å². The van der Waals surface area contributed by atoms with Crippen LogP contribution in [0.3, 0.4) is 0 Å². The molecule has 1 atom stereocenters. The van der Waals surface area contributed by atoms with E-state index in [1.54, 1.807) is 0 Å². The van der Waals surface area contributed by atoms with Crippen LogP contribution in [-0.2, 0) is 28.6 Å². The fourth-order valence-electron chi connectivity index (χ4n) is 7.46. The first-order valence-electron chi connectivity index (χ1n) is 24.7. The number of hydrogen-bond acceptors (Lipinski definition) is 6. The van der Waals surface area contributed by atoms with Crippen molar-refractivity contribution in [2.45, 2.75) is 278 Å². The molecule has 0 aromatic rings. The third-order valence-electron chi connectivity index (χ3n) is 11.2. The van der Waals surface area contributed by atoms with Gasteiger partial charge >= 0.3 is 17.9 Å². The maximum atomic E-state index is 12.6. The predicted octanol–water partition coefficient (Wildman–Crippen LogP) is 15.8. The monoisotopic (exact) mass is 793 g/mol. The Morgan fingerprint density at radius 2 is 0.589 bits per heavy atom. The Labute approximate surface area is 348 Å². The molecular formula is C50H96O6. The van der Waals surface area contributed by atoms with Gasteiger partial charge in [-0.2, -0.15) is 0 Å². The van der Waals surface area contributed by atoms with Crippen LogP contribution in [0.5, 0.6) is 0 Å². The molecule has 0 fully saturated rings. The standard InChI is InChI=1S/C50H96O6/c1-6-7-8-9-23-32-37-42-50(53)56-47(44-55-49(52)41-36-31-27-22-25-29-34-39-46(4)5)43-54-48(51)40-35-30-26-21-19-17-15-13-11-10-12-14-16-18-20-24-28-33-38-45(2)3/h45-47H,6-44H2,1-5H3/t47-/m0/s1. The summed E-state index contributed by atoms with van der Waals surface area (Å²) >= 11 is 0. The van der Waals surface area contributed by atoms with Crippen molar-refractivity contribution in [2.75, 3.05) is 13.2 Å². The molecule has 0 saturated heterocycles. The quantitative estimate of drug-likeness (QED) is 0.0347. The summed E-state index contributed by atoms with van der Waals surface area (Å²) < 4.78 is 16.7. The highest BCUT2D eigenvalue weighted by atomic mass is 16.6. The summed E-state index contributed by atoms with van der Waals surface area (Å²) in [6, 6.07) is 0. The molecule has 0 saturated carbocycles. The highest BCUT2D eigenvalue weighted by molar-refractivity contribution is 5.71. The molecule has 0 spiro atoms. The van der Waals surface area contributed by atoms with E-state index in [4.69, 9.17) is 14.2 Å². The SMILES string of the molecule is CCCCCCCCCC(=O)O[C@@H](COC(=O)CCCCCCCCCCCCCCCCCCCCC(C)C)COC(=O)CCCCCCCCCC(C)C. The van der Waals surface area contributed by atoms with E-state index < -0.39 is 6.10 Å². The molecule has 0 N–H and O–H groups in total. The Morgan fingerprint density at radius 1 is 0.339 bits per heavy atom. The van der Waals surface area contributed by atoms with E-state index >= 15 is 0 Å². The Kier molecular flexibility index (Phi) is 41.8. The average molecular weight is 793 g/mol. The summed E-state index contributed by atoms with van der Waals surface area (Å²) in [4.78, 5) is 37.6. The van der Waals surface area contributed by atoms with Gasteiger partial charge in [-0.3, -0.25) is 14.4 Å². The van der Waals surface area contributed by atoms with E-state index in [1.165, 1.54) is 161 Å². The highest BCUT2D eigenvalue weighted by Gasteiger charge is 2.19. The van der Waals surface area contributed by atoms with Gasteiger partial charge in [0.2, 0.25) is 0 Å². The lowest BCUT2D eigenvalue weighted by atomic mass is 10.0. The van der Waals surface area contributed by atoms with E-state index in [1.807, 2.05) is 0 Å². The van der Waals surface area contributed by atoms with Crippen LogP contribution < -0.4 is 0 Å². The summed E-state index contributed by atoms with van der Waals surface area (Å²) in [6.07, 6.45) is 42.6. The number of carbonyl (C=O) groups excluding carboxylic acids is 3. The van der Waals surface area contributed by atoms with Crippen LogP contribution in [0.4, 0.5) is 0 Å². The Bertz CT molecular complexity index is 854. The molecule has 0 heterocycles. The van der Waals surface area contributed by atoms with Gasteiger partial charge in [0.25, 0.3) is 0 Å². The van der Waals surface area contributed by atoms with Crippen LogP contribution >= 0.6 is 0 Å². The molecule has 0 aliphatic carbocycles. The smallest absolute Gasteiger partial charge is 0.306 e. The minimum absolute atomic E-state index is 0.0651. The lowest BCUT2D eigenvalue weighted by molar-refractivity contribution is -0.167. The molecule has 0 radical (unpaired) electrons. The number of ether oxygens (including phenoxy) is 3. The minimum Gasteiger partial charge on any atom is -0.462 e. The second kappa shape index (κ2) is 43.0. The first-order chi connectivity index (χ1) is 27.2. The average Bonchev–Trinajstić information content (AvgIpc) is 3.16. The van der Waals surface area contributed by atoms with Crippen LogP contribution in [0, 0.1) is 11.8 Å². The van der Waals surface area contributed by atoms with Gasteiger partial charge in [0.15, 0.2) is 6.10 Å². The Morgan fingerprint density at radius 3 is 0.875 bits per heavy atom. The zero-order valence-corrected chi connectivity index (χ0v) is 38.3. The van der Waals surface area contributed by atoms with E-state index in [9.17, 15) is 14.4 Å². The maximum Gasteiger partial charge on any atom is 0.306 e. The molecule has 6 heteroatoms. The second-order valence-corrected chi connectivity index (χ2v) is 18.1. The van der Waals surface area contributed by atoms with Crippen molar-refractivity contribution in [3.8, 4) is 0 Å². The van der Waals surface area contributed by atoms with E-state index in [0.29, 0.717) is 19.3 Å². The summed E-state index contributed by atoms with van der Waals surface area (Å²) in [7, 11) is 0. The Balaban J connectivity index is 4.09. The van der Waals surface area contributed by atoms with Crippen molar-refractivity contribution in [2.24, 2.45) is 11.8 Å². The summed E-state index contributed by atoms with van der Waals surface area (Å²) in [5.74, 6) is 0.779. The topological polar surface area (TPSA) is 78.9 Å². The normalized spacial score (nSPS) is 12.1. The molecule has 0 unspecified atom stereocenters. The van der Waals surface area contributed by atoms with Gasteiger partial charge in [0, 0.05) is 19.3 Å². The first kappa shape index (κ1) is 54.4. The van der Waals surface area contributed by atoms with Crippen molar-refractivity contribution >= 4 is 17.9 Å². The third kappa shape index (κ3) is 43.5. The first-order valence-corrected chi connectivity index (χ1v) is 24.7. The summed E-state index contributed by atoms with van der Waals surface area (Å²) in [5.41, 5.74) is 0. The van der Waals surface area contributed by atoms with Gasteiger partial charge in [-0.1, -0.05) is 234 Å². The number of carbonyl (C=O) groups is 3. The Hall–Kier alpha value is -1.59. The van der Waals surface area contributed by atoms with Crippen LogP contribution in [0.1, 0.15) is 272 Å². The number of unbranched alkanes of at least 4 members (excludes halogenated alkanes) is 29. The van der Waals surface area contributed by atoms with Crippen molar-refractivity contribution in [1.82, 2.24) is 0 Å². The number of esters is 3. The summed E-state index contributed by atoms with van der Waals surface area (Å²) in [5, 5.41) is 0. The largest absolute Gasteiger partial charge is 0.462 e. The molecule has 332 valence electrons. The second-order valence-electron chi connectivity index (χ2n) is 18.1. The van der Waals surface area contributed by atoms with Crippen molar-refractivity contribution in [1.29, 1.82) is 0 Å². The van der Waals surface area contributed by atoms with Crippen LogP contribution in [-0.4, -0.2) is 37.2 Å². The van der Waals surface area contributed by atoms with E-state index in [0.717, 1.165) is 69.6 Å². The molecule has 0 aliphatic heterocycles. The number of rotatable bonds is 44. The van der Waals surface area contributed by atoms with Crippen molar-refractivity contribution < 1.29 is 28.6 Å². The van der Waals surface area contributed by atoms with Crippen LogP contribution in [0.15, 0.2) is 0 Å². The minimum atomic E-state index is -0.759. The molecule has 6 nitrogen and oxygen atoms in total. The fraction of sp³-hybridized carbons (Fsp3) is 0.940. The molecular weight excluding hydrogens is 697 g/mol. The van der Waals surface area contributed by atoms with Gasteiger partial charge in [-0.05, 0) is 31.1 Å². The van der Waals surface area contributed by atoms with Crippen molar-refractivity contribution in [3.63, 3.8) is 0 Å². The van der Waals surface area contributed by atoms with E-state index in [2.05, 4.69) is 34.6 Å². The lowest BCUT2D eigenvalue weighted by Gasteiger charge is -2.18. The third-order valence-corrected chi connectivity index (χ3v) is 11.2. The van der Waals surface area contributed by atoms with Gasteiger partial charge in [0.1, 0.15) is 13.2 Å². The molecule has 0 aliphatic rings. The van der Waals surface area contributed by atoms with Gasteiger partial charge in [0.05, 0.1) is 0 Å². The highest BCUT2D eigenvalue weighted by Crippen LogP contribution is 2.17. The molecule has 0 amide bonds. The van der Waals surface area contributed by atoms with Gasteiger partial charge in [-0.15, -0.1) is 0 Å². The van der Waals surface area contributed by atoms with Crippen molar-refractivity contribution in [3.05, 3.63) is 0 Å². The van der Waals surface area contributed by atoms with E-state index in [-0.39, 0.29) is 31.1 Å². The molecule has 56 heavy (non-hydrogen) atoms. The van der Waals surface area contributed by atoms with Crippen LogP contribution in [0.25, 0.3) is 0 Å². The predicted molar refractivity (Wildman–Crippen MR) is 238 cm³/mol. The maximum absolute atomic E-state index is 12.6. The fourth-order valence-corrected chi connectivity index (χ4v) is 7.46. The molecule has 0 bridgehead atoms. The molecule has 0 rings (SSSR count). The molecule has 0 aromatic heterocycles. The zero-order valence-electron chi connectivity index (χ0n) is 38.3. The number of hydrogen-bond donors (Lipinski definition) is 0.